The van der Waals surface area contributed by atoms with E-state index >= 15 is 0 Å². The predicted octanol–water partition coefficient (Wildman–Crippen LogP) is 2.43. The molecule has 0 saturated carbocycles. The fourth-order valence-electron chi connectivity index (χ4n) is 2.91. The summed E-state index contributed by atoms with van der Waals surface area (Å²) in [6.07, 6.45) is 0. The summed E-state index contributed by atoms with van der Waals surface area (Å²) in [6, 6.07) is 6.75. The van der Waals surface area contributed by atoms with Crippen LogP contribution in [0.15, 0.2) is 18.2 Å². The molecule has 4 nitrogen and oxygen atoms in total. The zero-order valence-corrected chi connectivity index (χ0v) is 13.0. The maximum atomic E-state index is 12.0. The third-order valence-electron chi connectivity index (χ3n) is 4.28. The summed E-state index contributed by atoms with van der Waals surface area (Å²) in [7, 11) is 3.77. The molecule has 0 amide bonds. The number of rotatable bonds is 3. The molecule has 0 radical (unpaired) electrons. The molecular formula is C16H24N2O2. The maximum absolute atomic E-state index is 12.0. The van der Waals surface area contributed by atoms with Crippen LogP contribution in [0.2, 0.25) is 0 Å². The normalized spacial score (nSPS) is 23.8. The number of benzene rings is 1. The van der Waals surface area contributed by atoms with Gasteiger partial charge in [0.1, 0.15) is 5.75 Å². The molecule has 0 N–H and O–H groups in total. The number of hydrogen-bond donors (Lipinski definition) is 0. The molecule has 0 aliphatic carbocycles. The molecule has 2 rings (SSSR count). The molecular weight excluding hydrogens is 252 g/mol. The molecule has 0 bridgehead atoms. The molecule has 2 atom stereocenters. The van der Waals surface area contributed by atoms with Crippen molar-refractivity contribution in [2.75, 3.05) is 32.1 Å². The molecule has 20 heavy (non-hydrogen) atoms. The number of ether oxygens (including phenoxy) is 1. The second kappa shape index (κ2) is 5.83. The van der Waals surface area contributed by atoms with E-state index in [0.29, 0.717) is 23.4 Å². The van der Waals surface area contributed by atoms with Crippen molar-refractivity contribution in [1.29, 1.82) is 0 Å². The van der Waals surface area contributed by atoms with E-state index in [9.17, 15) is 4.79 Å². The van der Waals surface area contributed by atoms with Gasteiger partial charge in [-0.05, 0) is 40.0 Å². The minimum absolute atomic E-state index is 0.0525. The SMILES string of the molecule is COc1cccc(N2CC(C)N(C)C(C)C2)c1C(C)=O. The van der Waals surface area contributed by atoms with Gasteiger partial charge in [0.15, 0.2) is 5.78 Å². The summed E-state index contributed by atoms with van der Waals surface area (Å²) in [4.78, 5) is 16.7. The number of likely N-dealkylation sites (N-methyl/N-ethyl adjacent to an activating group) is 1. The fourth-order valence-corrected chi connectivity index (χ4v) is 2.91. The van der Waals surface area contributed by atoms with Crippen LogP contribution in [0.5, 0.6) is 5.75 Å². The largest absolute Gasteiger partial charge is 0.496 e. The van der Waals surface area contributed by atoms with Gasteiger partial charge in [-0.3, -0.25) is 9.69 Å². The van der Waals surface area contributed by atoms with Crippen LogP contribution in [0.1, 0.15) is 31.1 Å². The Labute approximate surface area is 121 Å². The average Bonchev–Trinajstić information content (AvgIpc) is 2.43. The van der Waals surface area contributed by atoms with Crippen molar-refractivity contribution in [3.8, 4) is 5.75 Å². The van der Waals surface area contributed by atoms with Gasteiger partial charge < -0.3 is 9.64 Å². The lowest BCUT2D eigenvalue weighted by Crippen LogP contribution is -2.55. The zero-order chi connectivity index (χ0) is 14.9. The third kappa shape index (κ3) is 2.66. The van der Waals surface area contributed by atoms with Gasteiger partial charge in [0.25, 0.3) is 0 Å². The van der Waals surface area contributed by atoms with E-state index in [2.05, 4.69) is 30.7 Å². The number of hydrogen-bond acceptors (Lipinski definition) is 4. The Morgan fingerprint density at radius 1 is 1.25 bits per heavy atom. The van der Waals surface area contributed by atoms with Gasteiger partial charge in [0, 0.05) is 25.2 Å². The Morgan fingerprint density at radius 2 is 1.85 bits per heavy atom. The van der Waals surface area contributed by atoms with E-state index < -0.39 is 0 Å². The van der Waals surface area contributed by atoms with E-state index in [0.717, 1.165) is 18.8 Å². The van der Waals surface area contributed by atoms with Gasteiger partial charge in [-0.25, -0.2) is 0 Å². The Kier molecular flexibility index (Phi) is 4.33. The molecule has 4 heteroatoms. The second-order valence-electron chi connectivity index (χ2n) is 5.68. The number of nitrogens with zero attached hydrogens (tertiary/aromatic N) is 2. The monoisotopic (exact) mass is 276 g/mol. The van der Waals surface area contributed by atoms with Crippen LogP contribution in [-0.2, 0) is 0 Å². The van der Waals surface area contributed by atoms with Gasteiger partial charge in [-0.2, -0.15) is 0 Å². The highest BCUT2D eigenvalue weighted by molar-refractivity contribution is 6.02. The van der Waals surface area contributed by atoms with Gasteiger partial charge in [0.2, 0.25) is 0 Å². The molecule has 1 aliphatic rings. The molecule has 1 fully saturated rings. The zero-order valence-electron chi connectivity index (χ0n) is 13.0. The average molecular weight is 276 g/mol. The number of methoxy groups -OCH3 is 1. The van der Waals surface area contributed by atoms with Gasteiger partial charge in [-0.1, -0.05) is 6.07 Å². The Morgan fingerprint density at radius 3 is 2.35 bits per heavy atom. The molecule has 0 spiro atoms. The van der Waals surface area contributed by atoms with Crippen molar-refractivity contribution < 1.29 is 9.53 Å². The molecule has 110 valence electrons. The maximum Gasteiger partial charge on any atom is 0.165 e. The van der Waals surface area contributed by atoms with Crippen molar-refractivity contribution in [2.45, 2.75) is 32.9 Å². The van der Waals surface area contributed by atoms with Crippen LogP contribution in [-0.4, -0.2) is 50.0 Å². The van der Waals surface area contributed by atoms with Crippen LogP contribution < -0.4 is 9.64 Å². The van der Waals surface area contributed by atoms with Crippen molar-refractivity contribution in [3.05, 3.63) is 23.8 Å². The van der Waals surface area contributed by atoms with Gasteiger partial charge in [-0.15, -0.1) is 0 Å². The second-order valence-corrected chi connectivity index (χ2v) is 5.68. The van der Waals surface area contributed by atoms with Gasteiger partial charge in [0.05, 0.1) is 18.4 Å². The molecule has 2 unspecified atom stereocenters. The Balaban J connectivity index is 2.40. The summed E-state index contributed by atoms with van der Waals surface area (Å²) in [6.45, 7) is 7.89. The Hall–Kier alpha value is -1.55. The fraction of sp³-hybridized carbons (Fsp3) is 0.562. The van der Waals surface area contributed by atoms with Crippen molar-refractivity contribution in [2.24, 2.45) is 0 Å². The van der Waals surface area contributed by atoms with Crippen molar-refractivity contribution in [1.82, 2.24) is 4.90 Å². The van der Waals surface area contributed by atoms with E-state index in [1.54, 1.807) is 14.0 Å². The predicted molar refractivity (Wildman–Crippen MR) is 81.9 cm³/mol. The summed E-state index contributed by atoms with van der Waals surface area (Å²) >= 11 is 0. The summed E-state index contributed by atoms with van der Waals surface area (Å²) in [5, 5.41) is 0. The minimum atomic E-state index is 0.0525. The first-order chi connectivity index (χ1) is 9.45. The first-order valence-corrected chi connectivity index (χ1v) is 7.10. The van der Waals surface area contributed by atoms with Gasteiger partial charge >= 0.3 is 0 Å². The highest BCUT2D eigenvalue weighted by Crippen LogP contribution is 2.31. The van der Waals surface area contributed by atoms with Crippen molar-refractivity contribution >= 4 is 11.5 Å². The number of anilines is 1. The summed E-state index contributed by atoms with van der Waals surface area (Å²) in [5.74, 6) is 0.714. The summed E-state index contributed by atoms with van der Waals surface area (Å²) < 4.78 is 5.35. The van der Waals surface area contributed by atoms with Crippen LogP contribution in [0.3, 0.4) is 0 Å². The summed E-state index contributed by atoms with van der Waals surface area (Å²) in [5.41, 5.74) is 1.68. The number of carbonyl (C=O) groups excluding carboxylic acids is 1. The quantitative estimate of drug-likeness (QED) is 0.794. The first kappa shape index (κ1) is 14.9. The molecule has 1 aromatic carbocycles. The number of ketones is 1. The number of Topliss-reactive ketones (excluding diaryl/α,β-unsaturated/α-hetero) is 1. The smallest absolute Gasteiger partial charge is 0.165 e. The van der Waals surface area contributed by atoms with Crippen LogP contribution in [0, 0.1) is 0 Å². The molecule has 1 aromatic rings. The Bertz CT molecular complexity index is 489. The highest BCUT2D eigenvalue weighted by atomic mass is 16.5. The van der Waals surface area contributed by atoms with E-state index in [1.165, 1.54) is 0 Å². The van der Waals surface area contributed by atoms with Crippen LogP contribution in [0.4, 0.5) is 5.69 Å². The lowest BCUT2D eigenvalue weighted by molar-refractivity contribution is 0.101. The number of piperazine rings is 1. The molecule has 1 heterocycles. The first-order valence-electron chi connectivity index (χ1n) is 7.10. The molecule has 1 aliphatic heterocycles. The lowest BCUT2D eigenvalue weighted by atomic mass is 10.0. The minimum Gasteiger partial charge on any atom is -0.496 e. The highest BCUT2D eigenvalue weighted by Gasteiger charge is 2.29. The third-order valence-corrected chi connectivity index (χ3v) is 4.28. The molecule has 0 aromatic heterocycles. The lowest BCUT2D eigenvalue weighted by Gasteiger charge is -2.44. The number of carbonyl (C=O) groups is 1. The van der Waals surface area contributed by atoms with Crippen LogP contribution >= 0.6 is 0 Å². The van der Waals surface area contributed by atoms with E-state index in [1.807, 2.05) is 18.2 Å². The topological polar surface area (TPSA) is 32.8 Å². The standard InChI is InChI=1S/C16H24N2O2/c1-11-9-18(10-12(2)17(11)4)14-7-6-8-15(20-5)16(14)13(3)19/h6-8,11-12H,9-10H2,1-5H3. The van der Waals surface area contributed by atoms with Crippen LogP contribution in [0.25, 0.3) is 0 Å². The van der Waals surface area contributed by atoms with Crippen molar-refractivity contribution in [3.63, 3.8) is 0 Å². The van der Waals surface area contributed by atoms with E-state index in [-0.39, 0.29) is 5.78 Å². The molecule has 1 saturated heterocycles. The van der Waals surface area contributed by atoms with E-state index in [4.69, 9.17) is 4.74 Å².